The average molecular weight is 377 g/mol. The van der Waals surface area contributed by atoms with E-state index in [1.165, 1.54) is 0 Å². The number of ether oxygens (including phenoxy) is 2. The van der Waals surface area contributed by atoms with Crippen LogP contribution in [0.1, 0.15) is 25.8 Å². The highest BCUT2D eigenvalue weighted by Gasteiger charge is 2.22. The van der Waals surface area contributed by atoms with E-state index in [4.69, 9.17) is 9.47 Å². The van der Waals surface area contributed by atoms with Crippen LogP contribution in [-0.2, 0) is 16.0 Å². The molecule has 0 bridgehead atoms. The van der Waals surface area contributed by atoms with Gasteiger partial charge in [0.1, 0.15) is 11.5 Å². The molecule has 0 saturated carbocycles. The van der Waals surface area contributed by atoms with Gasteiger partial charge in [-0.25, -0.2) is 0 Å². The summed E-state index contributed by atoms with van der Waals surface area (Å²) < 4.78 is 10.5. The van der Waals surface area contributed by atoms with Crippen molar-refractivity contribution in [3.63, 3.8) is 0 Å². The van der Waals surface area contributed by atoms with E-state index in [1.54, 1.807) is 14.2 Å². The van der Waals surface area contributed by atoms with E-state index in [1.807, 2.05) is 36.9 Å². The minimum atomic E-state index is 0.0387. The number of methoxy groups -OCH3 is 2. The Labute approximate surface area is 161 Å². The second-order valence-electron chi connectivity index (χ2n) is 7.10. The third-order valence-corrected chi connectivity index (χ3v) is 4.58. The molecule has 1 heterocycles. The molecule has 2 rings (SSSR count). The SMILES string of the molecule is COc1cc(CCC(=O)N2CCN(CC(=O)NC(C)C)CC2)cc(OC)c1. The quantitative estimate of drug-likeness (QED) is 0.740. The first-order valence-corrected chi connectivity index (χ1v) is 9.42. The molecule has 0 unspecified atom stereocenters. The van der Waals surface area contributed by atoms with Crippen molar-refractivity contribution in [1.82, 2.24) is 15.1 Å². The Kier molecular flexibility index (Phi) is 7.91. The molecule has 1 aliphatic heterocycles. The zero-order valence-electron chi connectivity index (χ0n) is 16.8. The number of hydrogen-bond donors (Lipinski definition) is 1. The highest BCUT2D eigenvalue weighted by Crippen LogP contribution is 2.23. The predicted octanol–water partition coefficient (Wildman–Crippen LogP) is 1.31. The van der Waals surface area contributed by atoms with E-state index < -0.39 is 0 Å². The van der Waals surface area contributed by atoms with Gasteiger partial charge in [0.25, 0.3) is 0 Å². The number of nitrogens with zero attached hydrogens (tertiary/aromatic N) is 2. The van der Waals surface area contributed by atoms with E-state index in [9.17, 15) is 9.59 Å². The first-order chi connectivity index (χ1) is 12.9. The Hall–Kier alpha value is -2.28. The molecule has 1 N–H and O–H groups in total. The van der Waals surface area contributed by atoms with Gasteiger partial charge in [-0.15, -0.1) is 0 Å². The number of rotatable bonds is 8. The maximum absolute atomic E-state index is 12.5. The van der Waals surface area contributed by atoms with Crippen LogP contribution in [0.15, 0.2) is 18.2 Å². The van der Waals surface area contributed by atoms with Crippen LogP contribution in [0, 0.1) is 0 Å². The van der Waals surface area contributed by atoms with E-state index in [-0.39, 0.29) is 17.9 Å². The second-order valence-corrected chi connectivity index (χ2v) is 7.10. The average Bonchev–Trinajstić information content (AvgIpc) is 2.65. The lowest BCUT2D eigenvalue weighted by molar-refractivity contribution is -0.133. The summed E-state index contributed by atoms with van der Waals surface area (Å²) >= 11 is 0. The van der Waals surface area contributed by atoms with Crippen molar-refractivity contribution in [2.24, 2.45) is 0 Å². The Morgan fingerprint density at radius 2 is 1.63 bits per heavy atom. The summed E-state index contributed by atoms with van der Waals surface area (Å²) in [5, 5.41) is 2.90. The summed E-state index contributed by atoms with van der Waals surface area (Å²) in [6.07, 6.45) is 1.09. The molecule has 0 aromatic heterocycles. The van der Waals surface area contributed by atoms with Crippen molar-refractivity contribution in [3.05, 3.63) is 23.8 Å². The van der Waals surface area contributed by atoms with E-state index in [0.29, 0.717) is 32.5 Å². The van der Waals surface area contributed by atoms with Crippen LogP contribution in [0.2, 0.25) is 0 Å². The maximum Gasteiger partial charge on any atom is 0.234 e. The molecule has 1 aromatic carbocycles. The summed E-state index contributed by atoms with van der Waals surface area (Å²) in [5.74, 6) is 1.63. The normalized spacial score (nSPS) is 14.9. The monoisotopic (exact) mass is 377 g/mol. The molecule has 0 aliphatic carbocycles. The number of amides is 2. The molecule has 0 radical (unpaired) electrons. The highest BCUT2D eigenvalue weighted by molar-refractivity contribution is 5.78. The van der Waals surface area contributed by atoms with Gasteiger partial charge in [-0.1, -0.05) is 0 Å². The Balaban J connectivity index is 1.79. The van der Waals surface area contributed by atoms with Crippen molar-refractivity contribution < 1.29 is 19.1 Å². The number of carbonyl (C=O) groups excluding carboxylic acids is 2. The van der Waals surface area contributed by atoms with Gasteiger partial charge < -0.3 is 19.7 Å². The highest BCUT2D eigenvalue weighted by atomic mass is 16.5. The molecule has 1 saturated heterocycles. The molecule has 1 aromatic rings. The topological polar surface area (TPSA) is 71.1 Å². The zero-order valence-corrected chi connectivity index (χ0v) is 16.8. The number of hydrogen-bond acceptors (Lipinski definition) is 5. The van der Waals surface area contributed by atoms with Gasteiger partial charge in [0.05, 0.1) is 20.8 Å². The molecule has 0 atom stereocenters. The molecule has 1 aliphatic rings. The van der Waals surface area contributed by atoms with Crippen molar-refractivity contribution in [2.45, 2.75) is 32.7 Å². The Bertz CT molecular complexity index is 618. The van der Waals surface area contributed by atoms with E-state index >= 15 is 0 Å². The third-order valence-electron chi connectivity index (χ3n) is 4.58. The van der Waals surface area contributed by atoms with Gasteiger partial charge in [-0.05, 0) is 38.0 Å². The van der Waals surface area contributed by atoms with Crippen molar-refractivity contribution in [2.75, 3.05) is 46.9 Å². The van der Waals surface area contributed by atoms with Crippen LogP contribution in [0.4, 0.5) is 0 Å². The number of aryl methyl sites for hydroxylation is 1. The van der Waals surface area contributed by atoms with Crippen LogP contribution in [0.3, 0.4) is 0 Å². The smallest absolute Gasteiger partial charge is 0.234 e. The molecular formula is C20H31N3O4. The van der Waals surface area contributed by atoms with Crippen LogP contribution >= 0.6 is 0 Å². The minimum Gasteiger partial charge on any atom is -0.497 e. The van der Waals surface area contributed by atoms with Crippen LogP contribution in [0.5, 0.6) is 11.5 Å². The second kappa shape index (κ2) is 10.2. The fourth-order valence-electron chi connectivity index (χ4n) is 3.15. The van der Waals surface area contributed by atoms with Crippen LogP contribution < -0.4 is 14.8 Å². The molecule has 150 valence electrons. The van der Waals surface area contributed by atoms with Crippen LogP contribution in [-0.4, -0.2) is 74.6 Å². The number of nitrogens with one attached hydrogen (secondary N) is 1. The van der Waals surface area contributed by atoms with Crippen molar-refractivity contribution in [3.8, 4) is 11.5 Å². The fourth-order valence-corrected chi connectivity index (χ4v) is 3.15. The largest absolute Gasteiger partial charge is 0.497 e. The molecule has 27 heavy (non-hydrogen) atoms. The number of benzene rings is 1. The molecule has 1 fully saturated rings. The van der Waals surface area contributed by atoms with Crippen LogP contribution in [0.25, 0.3) is 0 Å². The van der Waals surface area contributed by atoms with Gasteiger partial charge >= 0.3 is 0 Å². The van der Waals surface area contributed by atoms with Gasteiger partial charge in [-0.3, -0.25) is 14.5 Å². The first-order valence-electron chi connectivity index (χ1n) is 9.42. The lowest BCUT2D eigenvalue weighted by Crippen LogP contribution is -2.51. The summed E-state index contributed by atoms with van der Waals surface area (Å²) in [5.41, 5.74) is 1.02. The molecular weight excluding hydrogens is 346 g/mol. The molecule has 7 nitrogen and oxygen atoms in total. The maximum atomic E-state index is 12.5. The van der Waals surface area contributed by atoms with E-state index in [0.717, 1.165) is 30.2 Å². The van der Waals surface area contributed by atoms with Gasteiger partial charge in [0.15, 0.2) is 0 Å². The molecule has 2 amide bonds. The Morgan fingerprint density at radius 1 is 1.04 bits per heavy atom. The molecule has 0 spiro atoms. The van der Waals surface area contributed by atoms with Gasteiger partial charge in [0.2, 0.25) is 11.8 Å². The lowest BCUT2D eigenvalue weighted by Gasteiger charge is -2.34. The minimum absolute atomic E-state index is 0.0387. The van der Waals surface area contributed by atoms with Crippen molar-refractivity contribution in [1.29, 1.82) is 0 Å². The lowest BCUT2D eigenvalue weighted by atomic mass is 10.1. The Morgan fingerprint density at radius 3 is 2.15 bits per heavy atom. The zero-order chi connectivity index (χ0) is 19.8. The summed E-state index contributed by atoms with van der Waals surface area (Å²) in [6, 6.07) is 5.83. The number of piperazine rings is 1. The summed E-state index contributed by atoms with van der Waals surface area (Å²) in [6.45, 7) is 7.07. The predicted molar refractivity (Wildman–Crippen MR) is 104 cm³/mol. The fraction of sp³-hybridized carbons (Fsp3) is 0.600. The first kappa shape index (κ1) is 21.0. The number of carbonyl (C=O) groups is 2. The summed E-state index contributed by atoms with van der Waals surface area (Å²) in [4.78, 5) is 28.3. The van der Waals surface area contributed by atoms with Crippen molar-refractivity contribution >= 4 is 11.8 Å². The molecule has 7 heteroatoms. The van der Waals surface area contributed by atoms with E-state index in [2.05, 4.69) is 10.2 Å². The van der Waals surface area contributed by atoms with Gasteiger partial charge in [-0.2, -0.15) is 0 Å². The standard InChI is InChI=1S/C20H31N3O4/c1-15(2)21-19(24)14-22-7-9-23(10-8-22)20(25)6-5-16-11-17(26-3)13-18(12-16)27-4/h11-13,15H,5-10,14H2,1-4H3,(H,21,24). The third kappa shape index (κ3) is 6.75. The van der Waals surface area contributed by atoms with Gasteiger partial charge in [0, 0.05) is 44.7 Å². The summed E-state index contributed by atoms with van der Waals surface area (Å²) in [7, 11) is 3.23.